The molecule has 1 aliphatic carbocycles. The fraction of sp³-hybridized carbons (Fsp3) is 0.533. The van der Waals surface area contributed by atoms with Gasteiger partial charge in [-0.2, -0.15) is 0 Å². The van der Waals surface area contributed by atoms with Crippen molar-refractivity contribution < 1.29 is 4.42 Å². The lowest BCUT2D eigenvalue weighted by molar-refractivity contribution is 0.361. The van der Waals surface area contributed by atoms with Crippen molar-refractivity contribution in [1.82, 2.24) is 10.3 Å². The Balaban J connectivity index is 1.71. The molecule has 0 saturated heterocycles. The Labute approximate surface area is 118 Å². The van der Waals surface area contributed by atoms with Crippen LogP contribution in [0.5, 0.6) is 0 Å². The van der Waals surface area contributed by atoms with Crippen LogP contribution >= 0.6 is 11.3 Å². The molecular formula is C15H20N2OS. The van der Waals surface area contributed by atoms with Crippen molar-refractivity contribution in [2.75, 3.05) is 0 Å². The molecule has 102 valence electrons. The number of nitrogens with zero attached hydrogens (tertiary/aromatic N) is 1. The number of aryl methyl sites for hydroxylation is 1. The first-order valence-electron chi connectivity index (χ1n) is 7.02. The molecule has 0 unspecified atom stereocenters. The van der Waals surface area contributed by atoms with Crippen molar-refractivity contribution in [3.63, 3.8) is 0 Å². The van der Waals surface area contributed by atoms with E-state index in [-0.39, 0.29) is 6.04 Å². The molecule has 3 nitrogen and oxygen atoms in total. The summed E-state index contributed by atoms with van der Waals surface area (Å²) < 4.78 is 5.83. The molecule has 19 heavy (non-hydrogen) atoms. The molecule has 3 rings (SSSR count). The van der Waals surface area contributed by atoms with Crippen molar-refractivity contribution in [1.29, 1.82) is 0 Å². The van der Waals surface area contributed by atoms with Gasteiger partial charge >= 0.3 is 0 Å². The lowest BCUT2D eigenvalue weighted by Gasteiger charge is -2.20. The van der Waals surface area contributed by atoms with Crippen molar-refractivity contribution in [3.05, 3.63) is 40.2 Å². The molecule has 0 aliphatic heterocycles. The summed E-state index contributed by atoms with van der Waals surface area (Å²) >= 11 is 1.74. The first-order chi connectivity index (χ1) is 9.28. The minimum absolute atomic E-state index is 0.231. The summed E-state index contributed by atoms with van der Waals surface area (Å²) in [7, 11) is 0. The van der Waals surface area contributed by atoms with E-state index in [0.717, 1.165) is 23.9 Å². The lowest BCUT2D eigenvalue weighted by atomic mass is 10.1. The predicted octanol–water partition coefficient (Wildman–Crippen LogP) is 4.10. The summed E-state index contributed by atoms with van der Waals surface area (Å²) in [5, 5.41) is 6.95. The molecule has 0 radical (unpaired) electrons. The Bertz CT molecular complexity index is 516. The Hall–Kier alpha value is -1.13. The molecule has 0 bridgehead atoms. The number of nitrogens with one attached hydrogen (secondary N) is 1. The highest BCUT2D eigenvalue weighted by Crippen LogP contribution is 2.42. The van der Waals surface area contributed by atoms with Crippen LogP contribution in [0.2, 0.25) is 0 Å². The summed E-state index contributed by atoms with van der Waals surface area (Å²) in [6, 6.07) is 4.77. The van der Waals surface area contributed by atoms with Crippen LogP contribution in [0.1, 0.15) is 55.3 Å². The highest BCUT2D eigenvalue weighted by atomic mass is 32.1. The summed E-state index contributed by atoms with van der Waals surface area (Å²) in [5.41, 5.74) is 0. The molecule has 0 amide bonds. The average molecular weight is 276 g/mol. The molecule has 0 spiro atoms. The van der Waals surface area contributed by atoms with Gasteiger partial charge in [-0.05, 0) is 37.8 Å². The smallest absolute Gasteiger partial charge is 0.120 e. The molecule has 0 aromatic carbocycles. The van der Waals surface area contributed by atoms with Crippen molar-refractivity contribution in [3.8, 4) is 0 Å². The average Bonchev–Trinajstić information content (AvgIpc) is 2.95. The summed E-state index contributed by atoms with van der Waals surface area (Å²) in [6.07, 6.45) is 5.46. The summed E-state index contributed by atoms with van der Waals surface area (Å²) in [5.74, 6) is 2.83. The van der Waals surface area contributed by atoms with Crippen LogP contribution in [0.25, 0.3) is 0 Å². The summed E-state index contributed by atoms with van der Waals surface area (Å²) in [4.78, 5) is 4.47. The highest BCUT2D eigenvalue weighted by Gasteiger charge is 2.35. The maximum Gasteiger partial charge on any atom is 0.120 e. The zero-order chi connectivity index (χ0) is 13.2. The van der Waals surface area contributed by atoms with Gasteiger partial charge in [-0.1, -0.05) is 6.92 Å². The molecule has 2 aromatic rings. The standard InChI is InChI=1S/C15H20N2OS/c1-3-12-6-7-13(18-12)10(2)17-14(11-4-5-11)15-16-8-9-19-15/h6-11,14,17H,3-5H2,1-2H3/t10-,14-/m1/s1. The topological polar surface area (TPSA) is 38.1 Å². The zero-order valence-electron chi connectivity index (χ0n) is 11.4. The third-order valence-electron chi connectivity index (χ3n) is 3.70. The van der Waals surface area contributed by atoms with Gasteiger partial charge in [0, 0.05) is 18.0 Å². The van der Waals surface area contributed by atoms with E-state index in [4.69, 9.17) is 4.42 Å². The third-order valence-corrected chi connectivity index (χ3v) is 4.56. The second kappa shape index (κ2) is 5.47. The number of furan rings is 1. The Morgan fingerprint density at radius 3 is 2.89 bits per heavy atom. The maximum atomic E-state index is 5.83. The quantitative estimate of drug-likeness (QED) is 0.863. The van der Waals surface area contributed by atoms with Gasteiger partial charge in [0.1, 0.15) is 16.5 Å². The van der Waals surface area contributed by atoms with Gasteiger partial charge in [-0.25, -0.2) is 4.98 Å². The second-order valence-electron chi connectivity index (χ2n) is 5.23. The minimum Gasteiger partial charge on any atom is -0.464 e. The van der Waals surface area contributed by atoms with Crippen molar-refractivity contribution >= 4 is 11.3 Å². The SMILES string of the molecule is CCc1ccc([C@@H](C)N[C@@H](c2nccs2)C2CC2)o1. The van der Waals surface area contributed by atoms with Gasteiger partial charge in [0.2, 0.25) is 0 Å². The number of rotatable bonds is 6. The summed E-state index contributed by atoms with van der Waals surface area (Å²) in [6.45, 7) is 4.28. The normalized spacial score (nSPS) is 18.4. The van der Waals surface area contributed by atoms with Crippen LogP contribution in [-0.4, -0.2) is 4.98 Å². The van der Waals surface area contributed by atoms with Gasteiger partial charge in [0.05, 0.1) is 12.1 Å². The van der Waals surface area contributed by atoms with Crippen molar-refractivity contribution in [2.45, 2.75) is 45.2 Å². The van der Waals surface area contributed by atoms with E-state index in [1.165, 1.54) is 17.8 Å². The highest BCUT2D eigenvalue weighted by molar-refractivity contribution is 7.09. The third kappa shape index (κ3) is 2.90. The maximum absolute atomic E-state index is 5.83. The van der Waals surface area contributed by atoms with Crippen LogP contribution in [-0.2, 0) is 6.42 Å². The van der Waals surface area contributed by atoms with Gasteiger partial charge < -0.3 is 4.42 Å². The van der Waals surface area contributed by atoms with Gasteiger partial charge in [-0.15, -0.1) is 11.3 Å². The molecule has 2 atom stereocenters. The molecule has 2 heterocycles. The number of thiazole rings is 1. The van der Waals surface area contributed by atoms with E-state index in [0.29, 0.717) is 6.04 Å². The van der Waals surface area contributed by atoms with Crippen LogP contribution in [0.4, 0.5) is 0 Å². The monoisotopic (exact) mass is 276 g/mol. The fourth-order valence-corrected chi connectivity index (χ4v) is 3.19. The Morgan fingerprint density at radius 1 is 1.47 bits per heavy atom. The molecule has 1 aliphatic rings. The van der Waals surface area contributed by atoms with Crippen LogP contribution < -0.4 is 5.32 Å². The number of hydrogen-bond donors (Lipinski definition) is 1. The first-order valence-corrected chi connectivity index (χ1v) is 7.90. The molecule has 1 saturated carbocycles. The molecular weight excluding hydrogens is 256 g/mol. The predicted molar refractivity (Wildman–Crippen MR) is 77.2 cm³/mol. The first kappa shape index (κ1) is 12.9. The largest absolute Gasteiger partial charge is 0.464 e. The van der Waals surface area contributed by atoms with Crippen LogP contribution in [0.3, 0.4) is 0 Å². The fourth-order valence-electron chi connectivity index (χ4n) is 2.40. The lowest BCUT2D eigenvalue weighted by Crippen LogP contribution is -2.25. The van der Waals surface area contributed by atoms with E-state index >= 15 is 0 Å². The van der Waals surface area contributed by atoms with E-state index in [9.17, 15) is 0 Å². The van der Waals surface area contributed by atoms with E-state index in [2.05, 4.69) is 41.7 Å². The minimum atomic E-state index is 0.231. The van der Waals surface area contributed by atoms with E-state index in [1.807, 2.05) is 6.20 Å². The zero-order valence-corrected chi connectivity index (χ0v) is 12.2. The van der Waals surface area contributed by atoms with Crippen LogP contribution in [0, 0.1) is 5.92 Å². The van der Waals surface area contributed by atoms with Gasteiger partial charge in [0.15, 0.2) is 0 Å². The van der Waals surface area contributed by atoms with Gasteiger partial charge in [0.25, 0.3) is 0 Å². The van der Waals surface area contributed by atoms with Crippen molar-refractivity contribution in [2.24, 2.45) is 5.92 Å². The number of hydrogen-bond acceptors (Lipinski definition) is 4. The van der Waals surface area contributed by atoms with Gasteiger partial charge in [-0.3, -0.25) is 5.32 Å². The molecule has 1 fully saturated rings. The van der Waals surface area contributed by atoms with E-state index < -0.39 is 0 Å². The molecule has 4 heteroatoms. The molecule has 2 aromatic heterocycles. The molecule has 1 N–H and O–H groups in total. The number of aromatic nitrogens is 1. The van der Waals surface area contributed by atoms with Crippen LogP contribution in [0.15, 0.2) is 28.1 Å². The Morgan fingerprint density at radius 2 is 2.32 bits per heavy atom. The van der Waals surface area contributed by atoms with E-state index in [1.54, 1.807) is 11.3 Å². The Kier molecular flexibility index (Phi) is 3.71. The second-order valence-corrected chi connectivity index (χ2v) is 6.16.